The number of nitrogens with zero attached hydrogens (tertiary/aromatic N) is 2. The molecule has 0 unspecified atom stereocenters. The molecule has 144 valence electrons. The Morgan fingerprint density at radius 1 is 1.30 bits per heavy atom. The number of carboxylic acid groups (broad SMARTS) is 1. The van der Waals surface area contributed by atoms with Crippen LogP contribution in [0.5, 0.6) is 0 Å². The zero-order chi connectivity index (χ0) is 19.2. The minimum Gasteiger partial charge on any atom is -0.480 e. The summed E-state index contributed by atoms with van der Waals surface area (Å²) in [5.74, 6) is -0.818. The van der Waals surface area contributed by atoms with Crippen molar-refractivity contribution in [3.05, 3.63) is 47.0 Å². The molecule has 1 heterocycles. The van der Waals surface area contributed by atoms with Crippen LogP contribution in [0.15, 0.2) is 35.7 Å². The predicted octanol–water partition coefficient (Wildman–Crippen LogP) is 2.79. The first-order chi connectivity index (χ1) is 13.0. The number of carbonyl (C=O) groups excluding carboxylic acids is 1. The van der Waals surface area contributed by atoms with Crippen LogP contribution in [-0.4, -0.2) is 52.2 Å². The van der Waals surface area contributed by atoms with E-state index in [-0.39, 0.29) is 24.7 Å². The van der Waals surface area contributed by atoms with Crippen LogP contribution < -0.4 is 10.6 Å². The van der Waals surface area contributed by atoms with Gasteiger partial charge < -0.3 is 10.4 Å². The normalized spacial score (nSPS) is 18.7. The molecule has 0 bridgehead atoms. The Morgan fingerprint density at radius 3 is 2.70 bits per heavy atom. The van der Waals surface area contributed by atoms with E-state index in [2.05, 4.69) is 27.8 Å². The number of urea groups is 1. The quantitative estimate of drug-likeness (QED) is 0.646. The van der Waals surface area contributed by atoms with Crippen molar-refractivity contribution in [1.29, 1.82) is 0 Å². The second-order valence-electron chi connectivity index (χ2n) is 6.68. The molecule has 1 aliphatic rings. The van der Waals surface area contributed by atoms with E-state index in [0.717, 1.165) is 25.0 Å². The van der Waals surface area contributed by atoms with Gasteiger partial charge in [-0.15, -0.1) is 11.3 Å². The summed E-state index contributed by atoms with van der Waals surface area (Å²) in [6.45, 7) is 2.69. The first-order valence-electron chi connectivity index (χ1n) is 9.05. The maximum atomic E-state index is 12.1. The molecule has 0 spiro atoms. The highest BCUT2D eigenvalue weighted by Crippen LogP contribution is 2.26. The standard InChI is InChI=1S/C19H24N4O3S/c1-2-23(11-17(24)25)16-9-14(10-16)20-18(26)22-19-21-15(12-27-19)8-13-6-4-3-5-7-13/h3-7,12,14,16H,2,8-11H2,1H3,(H,24,25)(H2,20,21,22,26). The Balaban J connectivity index is 1.42. The van der Waals surface area contributed by atoms with Gasteiger partial charge in [-0.2, -0.15) is 0 Å². The fraction of sp³-hybridized carbons (Fsp3) is 0.421. The van der Waals surface area contributed by atoms with Crippen molar-refractivity contribution in [2.24, 2.45) is 0 Å². The molecule has 2 amide bonds. The third kappa shape index (κ3) is 5.51. The number of benzene rings is 1. The van der Waals surface area contributed by atoms with Crippen LogP contribution in [0.2, 0.25) is 0 Å². The number of hydrogen-bond donors (Lipinski definition) is 3. The predicted molar refractivity (Wildman–Crippen MR) is 105 cm³/mol. The molecule has 3 rings (SSSR count). The van der Waals surface area contributed by atoms with Crippen LogP contribution in [0.1, 0.15) is 31.0 Å². The van der Waals surface area contributed by atoms with Gasteiger partial charge in [-0.3, -0.25) is 15.0 Å². The number of likely N-dealkylation sites (N-methyl/N-ethyl adjacent to an activating group) is 1. The lowest BCUT2D eigenvalue weighted by Crippen LogP contribution is -2.55. The zero-order valence-corrected chi connectivity index (χ0v) is 16.0. The van der Waals surface area contributed by atoms with Gasteiger partial charge in [-0.25, -0.2) is 9.78 Å². The van der Waals surface area contributed by atoms with Crippen LogP contribution in [0.25, 0.3) is 0 Å². The fourth-order valence-corrected chi connectivity index (χ4v) is 3.95. The zero-order valence-electron chi connectivity index (χ0n) is 15.2. The number of aromatic nitrogens is 1. The first-order valence-corrected chi connectivity index (χ1v) is 9.93. The summed E-state index contributed by atoms with van der Waals surface area (Å²) in [6.07, 6.45) is 2.28. The van der Waals surface area contributed by atoms with Crippen LogP contribution in [-0.2, 0) is 11.2 Å². The Kier molecular flexibility index (Phi) is 6.41. The summed E-state index contributed by atoms with van der Waals surface area (Å²) in [5.41, 5.74) is 2.11. The molecular formula is C19H24N4O3S. The van der Waals surface area contributed by atoms with Gasteiger partial charge in [0, 0.05) is 23.9 Å². The number of hydrogen-bond acceptors (Lipinski definition) is 5. The lowest BCUT2D eigenvalue weighted by atomic mass is 9.85. The topological polar surface area (TPSA) is 94.6 Å². The van der Waals surface area contributed by atoms with Crippen LogP contribution in [0.4, 0.5) is 9.93 Å². The van der Waals surface area contributed by atoms with E-state index in [9.17, 15) is 9.59 Å². The first kappa shape index (κ1) is 19.3. The number of amides is 2. The molecule has 1 aromatic carbocycles. The summed E-state index contributed by atoms with van der Waals surface area (Å²) in [6, 6.07) is 10.1. The molecule has 3 N–H and O–H groups in total. The largest absolute Gasteiger partial charge is 0.480 e. The highest BCUT2D eigenvalue weighted by molar-refractivity contribution is 7.13. The summed E-state index contributed by atoms with van der Waals surface area (Å²) in [4.78, 5) is 29.4. The van der Waals surface area contributed by atoms with Gasteiger partial charge in [0.1, 0.15) is 0 Å². The highest BCUT2D eigenvalue weighted by atomic mass is 32.1. The van der Waals surface area contributed by atoms with E-state index in [1.165, 1.54) is 16.9 Å². The van der Waals surface area contributed by atoms with E-state index in [4.69, 9.17) is 5.11 Å². The minimum atomic E-state index is -0.818. The second kappa shape index (κ2) is 8.96. The van der Waals surface area contributed by atoms with E-state index < -0.39 is 5.97 Å². The van der Waals surface area contributed by atoms with Crippen molar-refractivity contribution in [3.63, 3.8) is 0 Å². The third-order valence-electron chi connectivity index (χ3n) is 4.71. The Morgan fingerprint density at radius 2 is 2.04 bits per heavy atom. The van der Waals surface area contributed by atoms with Gasteiger partial charge in [0.2, 0.25) is 0 Å². The van der Waals surface area contributed by atoms with Gasteiger partial charge >= 0.3 is 12.0 Å². The van der Waals surface area contributed by atoms with Crippen molar-refractivity contribution in [2.75, 3.05) is 18.4 Å². The monoisotopic (exact) mass is 388 g/mol. The van der Waals surface area contributed by atoms with Crippen molar-refractivity contribution >= 4 is 28.5 Å². The number of anilines is 1. The Labute approximate surface area is 162 Å². The Bertz CT molecular complexity index is 774. The van der Waals surface area contributed by atoms with Crippen LogP contribution in [0, 0.1) is 0 Å². The van der Waals surface area contributed by atoms with Gasteiger partial charge in [-0.05, 0) is 24.9 Å². The van der Waals surface area contributed by atoms with E-state index in [0.29, 0.717) is 11.7 Å². The molecule has 0 aliphatic heterocycles. The lowest BCUT2D eigenvalue weighted by molar-refractivity contribution is -0.139. The molecule has 1 aliphatic carbocycles. The summed E-state index contributed by atoms with van der Waals surface area (Å²) in [5, 5.41) is 17.2. The fourth-order valence-electron chi connectivity index (χ4n) is 3.25. The van der Waals surface area contributed by atoms with Crippen LogP contribution >= 0.6 is 11.3 Å². The molecule has 1 saturated carbocycles. The molecular weight excluding hydrogens is 364 g/mol. The molecule has 1 fully saturated rings. The van der Waals surface area contributed by atoms with Crippen molar-refractivity contribution in [3.8, 4) is 0 Å². The van der Waals surface area contributed by atoms with Crippen molar-refractivity contribution in [1.82, 2.24) is 15.2 Å². The number of carboxylic acids is 1. The van der Waals surface area contributed by atoms with Crippen molar-refractivity contribution in [2.45, 2.75) is 38.3 Å². The highest BCUT2D eigenvalue weighted by Gasteiger charge is 2.34. The molecule has 7 nitrogen and oxygen atoms in total. The summed E-state index contributed by atoms with van der Waals surface area (Å²) in [7, 11) is 0. The SMILES string of the molecule is CCN(CC(=O)O)C1CC(NC(=O)Nc2nc(Cc3ccccc3)cs2)C1. The van der Waals surface area contributed by atoms with Gasteiger partial charge in [0.15, 0.2) is 5.13 Å². The van der Waals surface area contributed by atoms with E-state index in [1.807, 2.05) is 35.4 Å². The molecule has 8 heteroatoms. The summed E-state index contributed by atoms with van der Waals surface area (Å²) < 4.78 is 0. The van der Waals surface area contributed by atoms with E-state index in [1.54, 1.807) is 0 Å². The maximum absolute atomic E-state index is 12.1. The number of aliphatic carboxylic acids is 1. The number of carbonyl (C=O) groups is 2. The molecule has 27 heavy (non-hydrogen) atoms. The lowest BCUT2D eigenvalue weighted by Gasteiger charge is -2.42. The van der Waals surface area contributed by atoms with Gasteiger partial charge in [-0.1, -0.05) is 37.3 Å². The number of nitrogens with one attached hydrogen (secondary N) is 2. The number of rotatable bonds is 8. The molecule has 0 radical (unpaired) electrons. The van der Waals surface area contributed by atoms with Gasteiger partial charge in [0.25, 0.3) is 0 Å². The smallest absolute Gasteiger partial charge is 0.321 e. The third-order valence-corrected chi connectivity index (χ3v) is 5.52. The van der Waals surface area contributed by atoms with Crippen LogP contribution in [0.3, 0.4) is 0 Å². The molecule has 0 saturated heterocycles. The van der Waals surface area contributed by atoms with Gasteiger partial charge in [0.05, 0.1) is 12.2 Å². The average molecular weight is 388 g/mol. The second-order valence-corrected chi connectivity index (χ2v) is 7.54. The summed E-state index contributed by atoms with van der Waals surface area (Å²) >= 11 is 1.41. The molecule has 1 aromatic heterocycles. The minimum absolute atomic E-state index is 0.0450. The van der Waals surface area contributed by atoms with Crippen molar-refractivity contribution < 1.29 is 14.7 Å². The maximum Gasteiger partial charge on any atom is 0.321 e. The molecule has 0 atom stereocenters. The molecule has 2 aromatic rings. The average Bonchev–Trinajstić information content (AvgIpc) is 3.03. The number of thiazole rings is 1. The Hall–Kier alpha value is -2.45. The van der Waals surface area contributed by atoms with E-state index >= 15 is 0 Å².